The number of aliphatic hydroxyl groups is 1. The predicted molar refractivity (Wildman–Crippen MR) is 179 cm³/mol. The van der Waals surface area contributed by atoms with Crippen molar-refractivity contribution in [2.45, 2.75) is 74.6 Å². The summed E-state index contributed by atoms with van der Waals surface area (Å²) in [5.74, 6) is 0. The molecule has 2 N–H and O–H groups in total. The van der Waals surface area contributed by atoms with Gasteiger partial charge in [0.15, 0.2) is 19.7 Å². The third-order valence-corrected chi connectivity index (χ3v) is 9.63. The van der Waals surface area contributed by atoms with Crippen LogP contribution in [-0.4, -0.2) is 114 Å². The fourth-order valence-corrected chi connectivity index (χ4v) is 6.47. The van der Waals surface area contributed by atoms with Gasteiger partial charge in [0.1, 0.15) is 5.60 Å². The van der Waals surface area contributed by atoms with Crippen LogP contribution in [0.2, 0.25) is 0 Å². The first-order valence-corrected chi connectivity index (χ1v) is 18.9. The highest BCUT2D eigenvalue weighted by Crippen LogP contribution is 2.28. The van der Waals surface area contributed by atoms with Gasteiger partial charge in [0.25, 0.3) is 0 Å². The summed E-state index contributed by atoms with van der Waals surface area (Å²) in [4.78, 5) is 35.2. The molecule has 2 fully saturated rings. The van der Waals surface area contributed by atoms with E-state index in [1.54, 1.807) is 75.9 Å². The number of sulfone groups is 2. The molecule has 2 aliphatic heterocycles. The van der Waals surface area contributed by atoms with E-state index in [1.807, 2.05) is 17.0 Å². The number of carbonyl (C=O) groups is 1. The van der Waals surface area contributed by atoms with Gasteiger partial charge in [0.2, 0.25) is 0 Å². The van der Waals surface area contributed by atoms with Gasteiger partial charge in [-0.15, -0.1) is 0 Å². The van der Waals surface area contributed by atoms with Crippen molar-refractivity contribution in [3.63, 3.8) is 0 Å². The fourth-order valence-electron chi connectivity index (χ4n) is 5.15. The van der Waals surface area contributed by atoms with Crippen LogP contribution < -0.4 is 15.1 Å². The molecule has 2 aromatic rings. The summed E-state index contributed by atoms with van der Waals surface area (Å²) in [6.07, 6.45) is 2.21. The lowest BCUT2D eigenvalue weighted by atomic mass is 9.94. The van der Waals surface area contributed by atoms with E-state index >= 15 is 0 Å². The molecule has 2 saturated heterocycles. The van der Waals surface area contributed by atoms with Crippen LogP contribution in [0.5, 0.6) is 0 Å². The maximum absolute atomic E-state index is 12.6. The highest BCUT2D eigenvalue weighted by molar-refractivity contribution is 7.91. The maximum atomic E-state index is 12.6. The number of hydrogen-bond acceptors (Lipinski definition) is 12. The molecule has 47 heavy (non-hydrogen) atoms. The lowest BCUT2D eigenvalue weighted by Gasteiger charge is -2.47. The van der Waals surface area contributed by atoms with Crippen LogP contribution in [0.25, 0.3) is 0 Å². The Labute approximate surface area is 278 Å². The minimum absolute atomic E-state index is 0.245. The molecule has 1 amide bonds. The van der Waals surface area contributed by atoms with E-state index in [0.717, 1.165) is 31.0 Å². The number of anilines is 2. The molecule has 0 radical (unpaired) electrons. The first-order chi connectivity index (χ1) is 21.6. The molecule has 0 unspecified atom stereocenters. The number of nitrogens with zero attached hydrogens (tertiary/aromatic N) is 3. The Kier molecular flexibility index (Phi) is 13.6. The minimum Gasteiger partial charge on any atom is -0.444 e. The van der Waals surface area contributed by atoms with Crippen LogP contribution in [0.4, 0.5) is 16.2 Å². The summed E-state index contributed by atoms with van der Waals surface area (Å²) in [5.41, 5.74) is -0.0380. The topological polar surface area (TPSA) is 171 Å². The molecule has 0 saturated carbocycles. The molecule has 262 valence electrons. The number of rotatable bonds is 5. The Morgan fingerprint density at radius 1 is 0.851 bits per heavy atom. The largest absolute Gasteiger partial charge is 0.444 e. The molecule has 0 aromatic heterocycles. The third kappa shape index (κ3) is 12.6. The average molecular weight is 697 g/mol. The summed E-state index contributed by atoms with van der Waals surface area (Å²) in [6.45, 7) is 14.9. The maximum Gasteiger partial charge on any atom is 0.410 e. The van der Waals surface area contributed by atoms with Crippen molar-refractivity contribution >= 4 is 43.3 Å². The van der Waals surface area contributed by atoms with Gasteiger partial charge in [0.05, 0.1) is 21.4 Å². The summed E-state index contributed by atoms with van der Waals surface area (Å²) < 4.78 is 52.2. The normalized spacial score (nSPS) is 19.0. The number of piperazine rings is 2. The first kappa shape index (κ1) is 39.7. The number of nitrogens with one attached hydrogen (secondary N) is 1. The number of benzene rings is 2. The van der Waals surface area contributed by atoms with Crippen LogP contribution in [-0.2, 0) is 34.0 Å². The molecule has 15 heteroatoms. The Balaban J connectivity index is 0.000000327. The van der Waals surface area contributed by atoms with Gasteiger partial charge >= 0.3 is 12.2 Å². The van der Waals surface area contributed by atoms with Crippen molar-refractivity contribution in [1.29, 1.82) is 0 Å². The van der Waals surface area contributed by atoms with E-state index in [4.69, 9.17) is 14.3 Å². The number of hydrogen-bond donors (Lipinski definition) is 2. The molecule has 0 aliphatic carbocycles. The molecular weight excluding hydrogens is 649 g/mol. The van der Waals surface area contributed by atoms with Gasteiger partial charge in [-0.2, -0.15) is 9.59 Å². The Hall–Kier alpha value is -3.49. The fraction of sp³-hybridized carbons (Fsp3) is 0.562. The van der Waals surface area contributed by atoms with Crippen molar-refractivity contribution in [3.8, 4) is 0 Å². The zero-order valence-electron chi connectivity index (χ0n) is 28.4. The van der Waals surface area contributed by atoms with Crippen LogP contribution in [0.1, 0.15) is 41.5 Å². The van der Waals surface area contributed by atoms with Gasteiger partial charge in [-0.05, 0) is 77.9 Å². The van der Waals surface area contributed by atoms with E-state index in [0.29, 0.717) is 30.6 Å². The average Bonchev–Trinajstić information content (AvgIpc) is 2.95. The molecule has 0 bridgehead atoms. The van der Waals surface area contributed by atoms with E-state index in [9.17, 15) is 26.7 Å². The Morgan fingerprint density at radius 3 is 1.72 bits per heavy atom. The van der Waals surface area contributed by atoms with Crippen LogP contribution in [0.3, 0.4) is 0 Å². The molecule has 13 nitrogen and oxygen atoms in total. The van der Waals surface area contributed by atoms with E-state index < -0.39 is 43.0 Å². The Morgan fingerprint density at radius 2 is 1.32 bits per heavy atom. The van der Waals surface area contributed by atoms with Crippen LogP contribution >= 0.6 is 0 Å². The van der Waals surface area contributed by atoms with E-state index in [1.165, 1.54) is 12.5 Å². The number of carbonyl (C=O) groups excluding carboxylic acids is 3. The SMILES string of the molecule is CC(C)(C)OC(=O)N1CCN(c2cccc(S(C)(=O)=O)c2)C[C@H]1C(C)(C)O.C[C@@H]1CN(c2cccc(S(C)(=O)=O)c2)CCN1.O=C=O. The summed E-state index contributed by atoms with van der Waals surface area (Å²) in [6, 6.07) is 13.8. The number of ether oxygens (including phenoxy) is 1. The highest BCUT2D eigenvalue weighted by atomic mass is 32.2. The zero-order valence-corrected chi connectivity index (χ0v) is 30.0. The van der Waals surface area contributed by atoms with Crippen molar-refractivity contribution in [2.24, 2.45) is 0 Å². The van der Waals surface area contributed by atoms with Crippen molar-refractivity contribution in [3.05, 3.63) is 48.5 Å². The van der Waals surface area contributed by atoms with Crippen LogP contribution in [0, 0.1) is 0 Å². The second-order valence-corrected chi connectivity index (χ2v) is 17.2. The molecular formula is C32H48N4O9S2. The summed E-state index contributed by atoms with van der Waals surface area (Å²) >= 11 is 0. The smallest absolute Gasteiger partial charge is 0.410 e. The van der Waals surface area contributed by atoms with Gasteiger partial charge in [-0.3, -0.25) is 4.90 Å². The van der Waals surface area contributed by atoms with Gasteiger partial charge in [-0.25, -0.2) is 21.6 Å². The molecule has 0 spiro atoms. The lowest BCUT2D eigenvalue weighted by molar-refractivity contribution is -0.191. The standard InChI is InChI=1S/C19H30N2O5S.C12H18N2O2S.CO2/c1-18(2,3)26-17(22)21-11-10-20(13-16(21)19(4,5)23)14-8-7-9-15(12-14)27(6,24)25;1-10-9-14(7-6-13-10)11-4-3-5-12(8-11)17(2,15)16;2-1-3/h7-9,12,16,23H,10-11,13H2,1-6H3;3-5,8,10,13H,6-7,9H2,1-2H3;/t16-;10-;/m01./s1. The monoisotopic (exact) mass is 696 g/mol. The number of amides is 1. The second-order valence-electron chi connectivity index (χ2n) is 13.2. The third-order valence-electron chi connectivity index (χ3n) is 7.41. The van der Waals surface area contributed by atoms with E-state index in [-0.39, 0.29) is 11.0 Å². The van der Waals surface area contributed by atoms with Crippen molar-refractivity contribution in [2.75, 3.05) is 61.6 Å². The first-order valence-electron chi connectivity index (χ1n) is 15.1. The quantitative estimate of drug-likeness (QED) is 0.469. The van der Waals surface area contributed by atoms with E-state index in [2.05, 4.69) is 17.1 Å². The van der Waals surface area contributed by atoms with Crippen molar-refractivity contribution < 1.29 is 41.1 Å². The predicted octanol–water partition coefficient (Wildman–Crippen LogP) is 2.59. The summed E-state index contributed by atoms with van der Waals surface area (Å²) in [7, 11) is -6.43. The van der Waals surface area contributed by atoms with Gasteiger partial charge < -0.3 is 25.0 Å². The lowest BCUT2D eigenvalue weighted by Crippen LogP contribution is -2.63. The second kappa shape index (κ2) is 16.1. The highest BCUT2D eigenvalue weighted by Gasteiger charge is 2.41. The molecule has 2 aromatic carbocycles. The zero-order chi connectivity index (χ0) is 35.8. The minimum atomic E-state index is -3.31. The van der Waals surface area contributed by atoms with Crippen LogP contribution in [0.15, 0.2) is 58.3 Å². The van der Waals surface area contributed by atoms with Gasteiger partial charge in [0, 0.05) is 69.2 Å². The molecule has 2 heterocycles. The summed E-state index contributed by atoms with van der Waals surface area (Å²) in [5, 5.41) is 14.0. The Bertz CT molecular complexity index is 1610. The van der Waals surface area contributed by atoms with Crippen molar-refractivity contribution in [1.82, 2.24) is 10.2 Å². The molecule has 4 rings (SSSR count). The molecule has 2 atom stereocenters. The molecule has 2 aliphatic rings. The van der Waals surface area contributed by atoms with Gasteiger partial charge in [-0.1, -0.05) is 12.1 Å².